The van der Waals surface area contributed by atoms with Gasteiger partial charge in [0.2, 0.25) is 0 Å². The molecule has 2 rings (SSSR count). The fraction of sp³-hybridized carbons (Fsp3) is 0.300. The maximum absolute atomic E-state index is 11.2. The largest absolute Gasteiger partial charge is 0.413 e. The van der Waals surface area contributed by atoms with Gasteiger partial charge in [0.25, 0.3) is 0 Å². The summed E-state index contributed by atoms with van der Waals surface area (Å²) >= 11 is 0. The molecule has 0 aliphatic rings. The minimum Gasteiger partial charge on any atom is -0.403 e. The topological polar surface area (TPSA) is 117 Å². The van der Waals surface area contributed by atoms with E-state index in [2.05, 4.69) is 25.3 Å². The molecule has 2 aromatic heterocycles. The van der Waals surface area contributed by atoms with Gasteiger partial charge in [-0.3, -0.25) is 0 Å². The van der Waals surface area contributed by atoms with Gasteiger partial charge in [-0.1, -0.05) is 0 Å². The molecule has 2 heterocycles. The fourth-order valence-corrected chi connectivity index (χ4v) is 1.28. The molecule has 9 heteroatoms. The van der Waals surface area contributed by atoms with Crippen LogP contribution >= 0.6 is 0 Å². The maximum Gasteiger partial charge on any atom is 0.413 e. The molecule has 1 amide bonds. The number of nitrogens with one attached hydrogen (secondary N) is 1. The van der Waals surface area contributed by atoms with Gasteiger partial charge in [-0.25, -0.2) is 9.78 Å². The van der Waals surface area contributed by atoms with Crippen LogP contribution in [0.5, 0.6) is 6.01 Å². The third kappa shape index (κ3) is 4.10. The van der Waals surface area contributed by atoms with Crippen LogP contribution in [0.15, 0.2) is 0 Å². The van der Waals surface area contributed by atoms with Crippen molar-refractivity contribution in [1.82, 2.24) is 25.3 Å². The number of rotatable bonds is 2. The van der Waals surface area contributed by atoms with E-state index in [4.69, 9.17) is 10.5 Å². The molecule has 0 saturated heterocycles. The molecule has 0 unspecified atom stereocenters. The summed E-state index contributed by atoms with van der Waals surface area (Å²) in [7, 11) is 0. The van der Waals surface area contributed by atoms with Gasteiger partial charge in [-0.05, 0) is 13.8 Å². The minimum absolute atomic E-state index is 0. The number of nitrogens with two attached hydrogens (primary N) is 1. The van der Waals surface area contributed by atoms with Crippen molar-refractivity contribution in [2.45, 2.75) is 13.8 Å². The quantitative estimate of drug-likeness (QED) is 0.762. The SMILES string of the molecule is CCNC(=O)Oc1nc2c(N)nc(C)nc2[n-]1.[CH3-].[Y]. The Hall–Kier alpha value is -1.28. The van der Waals surface area contributed by atoms with Gasteiger partial charge in [0.1, 0.15) is 5.82 Å². The van der Waals surface area contributed by atoms with Crippen molar-refractivity contribution < 1.29 is 42.2 Å². The summed E-state index contributed by atoms with van der Waals surface area (Å²) < 4.78 is 4.84. The Kier molecular flexibility index (Phi) is 6.85. The fourth-order valence-electron chi connectivity index (χ4n) is 1.28. The van der Waals surface area contributed by atoms with E-state index in [1.807, 2.05) is 0 Å². The monoisotopic (exact) mass is 339 g/mol. The van der Waals surface area contributed by atoms with E-state index in [1.54, 1.807) is 13.8 Å². The number of ether oxygens (including phenoxy) is 1. The second-order valence-corrected chi connectivity index (χ2v) is 3.25. The zero-order valence-corrected chi connectivity index (χ0v) is 13.8. The first-order valence-corrected chi connectivity index (χ1v) is 5.00. The summed E-state index contributed by atoms with van der Waals surface area (Å²) in [6, 6.07) is -0.0856. The number of nitrogen functional groups attached to an aromatic ring is 1. The predicted molar refractivity (Wildman–Crippen MR) is 65.9 cm³/mol. The first kappa shape index (κ1) is 17.7. The van der Waals surface area contributed by atoms with Crippen molar-refractivity contribution in [2.75, 3.05) is 12.3 Å². The molecule has 8 nitrogen and oxygen atoms in total. The average molecular weight is 339 g/mol. The molecule has 0 aromatic carbocycles. The van der Waals surface area contributed by atoms with E-state index < -0.39 is 6.09 Å². The predicted octanol–water partition coefficient (Wildman–Crippen LogP) is 0.429. The van der Waals surface area contributed by atoms with Crippen LogP contribution in [0.3, 0.4) is 0 Å². The molecule has 19 heavy (non-hydrogen) atoms. The molecule has 0 saturated carbocycles. The van der Waals surface area contributed by atoms with Gasteiger partial charge >= 0.3 is 6.09 Å². The number of hydrogen-bond acceptors (Lipinski definition) is 6. The van der Waals surface area contributed by atoms with Gasteiger partial charge in [-0.2, -0.15) is 0 Å². The van der Waals surface area contributed by atoms with Crippen LogP contribution < -0.4 is 20.8 Å². The molecule has 2 aromatic rings. The minimum atomic E-state index is -0.619. The second kappa shape index (κ2) is 7.35. The van der Waals surface area contributed by atoms with Crippen LogP contribution in [0.4, 0.5) is 10.6 Å². The zero-order chi connectivity index (χ0) is 12.4. The van der Waals surface area contributed by atoms with Crippen molar-refractivity contribution in [2.24, 2.45) is 0 Å². The van der Waals surface area contributed by atoms with Crippen molar-refractivity contribution in [1.29, 1.82) is 0 Å². The Morgan fingerprint density at radius 3 is 2.74 bits per heavy atom. The number of carbonyl (C=O) groups excluding carboxylic acids is 1. The van der Waals surface area contributed by atoms with Crippen molar-refractivity contribution in [3.05, 3.63) is 13.3 Å². The van der Waals surface area contributed by atoms with Crippen LogP contribution in [0.25, 0.3) is 11.2 Å². The molecule has 1 radical (unpaired) electrons. The van der Waals surface area contributed by atoms with Crippen LogP contribution in [0.2, 0.25) is 0 Å². The third-order valence-corrected chi connectivity index (χ3v) is 1.92. The smallest absolute Gasteiger partial charge is 0.403 e. The third-order valence-electron chi connectivity index (χ3n) is 1.92. The molecule has 101 valence electrons. The Balaban J connectivity index is 0.00000162. The standard InChI is InChI=1S/C9H12N6O2.CH3.Y/c1-3-11-9(16)17-8-14-5-6(10)12-4(2)13-7(5)15-8;;/h3H2,1-2H3,(H4,10,11,12,13,14,15,16);1H3;/q;-1;/p-1. The summed E-state index contributed by atoms with van der Waals surface area (Å²) in [4.78, 5) is 27.0. The molecule has 3 N–H and O–H groups in total. The molecule has 0 bridgehead atoms. The zero-order valence-electron chi connectivity index (χ0n) is 11.0. The number of hydrogen-bond donors (Lipinski definition) is 2. The van der Waals surface area contributed by atoms with Crippen molar-refractivity contribution in [3.63, 3.8) is 0 Å². The first-order valence-electron chi connectivity index (χ1n) is 5.00. The van der Waals surface area contributed by atoms with Gasteiger partial charge in [0.15, 0.2) is 6.01 Å². The molecule has 0 fully saturated rings. The summed E-state index contributed by atoms with van der Waals surface area (Å²) in [5, 5.41) is 2.46. The number of imidazole rings is 1. The Morgan fingerprint density at radius 2 is 2.11 bits per heavy atom. The van der Waals surface area contributed by atoms with E-state index in [-0.39, 0.29) is 52.0 Å². The van der Waals surface area contributed by atoms with Crippen molar-refractivity contribution >= 4 is 23.1 Å². The van der Waals surface area contributed by atoms with Crippen LogP contribution in [0, 0.1) is 14.4 Å². The molecular formula is C10H14N6O2Y-2. The number of carbonyl (C=O) groups is 1. The Morgan fingerprint density at radius 1 is 1.42 bits per heavy atom. The number of nitrogens with zero attached hydrogens (tertiary/aromatic N) is 4. The number of anilines is 1. The molecular weight excluding hydrogens is 325 g/mol. The van der Waals surface area contributed by atoms with E-state index >= 15 is 0 Å². The van der Waals surface area contributed by atoms with E-state index in [1.165, 1.54) is 0 Å². The first-order chi connectivity index (χ1) is 8.10. The van der Waals surface area contributed by atoms with Gasteiger partial charge in [0.05, 0.1) is 11.3 Å². The average Bonchev–Trinajstić information content (AvgIpc) is 2.60. The van der Waals surface area contributed by atoms with Gasteiger partial charge < -0.3 is 38.2 Å². The van der Waals surface area contributed by atoms with Gasteiger partial charge in [-0.15, -0.1) is 0 Å². The molecule has 0 spiro atoms. The second-order valence-electron chi connectivity index (χ2n) is 3.25. The molecule has 0 aliphatic carbocycles. The number of aromatic nitrogens is 4. The number of amides is 1. The van der Waals surface area contributed by atoms with E-state index in [9.17, 15) is 4.79 Å². The molecule has 0 aliphatic heterocycles. The summed E-state index contributed by atoms with van der Waals surface area (Å²) in [5.74, 6) is 0.699. The van der Waals surface area contributed by atoms with Crippen LogP contribution in [-0.4, -0.2) is 27.6 Å². The summed E-state index contributed by atoms with van der Waals surface area (Å²) in [6.07, 6.45) is -0.619. The molecule has 0 atom stereocenters. The number of fused-ring (bicyclic) bond motifs is 1. The normalized spacial score (nSPS) is 9.37. The Labute approximate surface area is 135 Å². The van der Waals surface area contributed by atoms with E-state index in [0.29, 0.717) is 23.5 Å². The maximum atomic E-state index is 11.2. The van der Waals surface area contributed by atoms with Gasteiger partial charge in [0, 0.05) is 44.9 Å². The summed E-state index contributed by atoms with van der Waals surface area (Å²) in [5.41, 5.74) is 6.29. The summed E-state index contributed by atoms with van der Waals surface area (Å²) in [6.45, 7) is 3.92. The van der Waals surface area contributed by atoms with Crippen LogP contribution in [0.1, 0.15) is 12.7 Å². The van der Waals surface area contributed by atoms with Crippen molar-refractivity contribution in [3.8, 4) is 6.01 Å². The van der Waals surface area contributed by atoms with Crippen LogP contribution in [-0.2, 0) is 32.7 Å². The Bertz CT molecular complexity index is 570. The van der Waals surface area contributed by atoms with E-state index in [0.717, 1.165) is 0 Å². The number of aryl methyl sites for hydroxylation is 1.